The minimum Gasteiger partial charge on any atom is -0.291 e. The van der Waals surface area contributed by atoms with Crippen molar-refractivity contribution in [2.24, 2.45) is 0 Å². The Balaban J connectivity index is 3.90. The largest absolute Gasteiger partial charge is 0.291 e. The second-order valence-corrected chi connectivity index (χ2v) is 5.93. The number of nitrogens with zero attached hydrogens (tertiary/aromatic N) is 1. The molecule has 0 rings (SSSR count). The third-order valence-corrected chi connectivity index (χ3v) is 3.76. The van der Waals surface area contributed by atoms with Gasteiger partial charge >= 0.3 is 0 Å². The molecule has 0 aromatic carbocycles. The van der Waals surface area contributed by atoms with E-state index in [0.717, 1.165) is 38.5 Å². The number of hydrogen-bond donors (Lipinski definition) is 0. The molecule has 0 aromatic heterocycles. The van der Waals surface area contributed by atoms with Crippen LogP contribution in [0.15, 0.2) is 36.1 Å². The zero-order chi connectivity index (χ0) is 17.9. The smallest absolute Gasteiger partial charge is 0.246 e. The number of allylic oxidation sites excluding steroid dienone is 5. The molecule has 0 spiro atoms. The van der Waals surface area contributed by atoms with Crippen LogP contribution in [0.4, 0.5) is 0 Å². The summed E-state index contributed by atoms with van der Waals surface area (Å²) in [5, 5.41) is 11.0. The van der Waals surface area contributed by atoms with Crippen molar-refractivity contribution < 1.29 is 9.72 Å². The lowest BCUT2D eigenvalue weighted by molar-refractivity contribution is -0.427. The molecular formula is C20H32NO3. The van der Waals surface area contributed by atoms with Crippen molar-refractivity contribution in [2.75, 3.05) is 0 Å². The van der Waals surface area contributed by atoms with Crippen LogP contribution in [0.5, 0.6) is 0 Å². The Kier molecular flexibility index (Phi) is 16.4. The number of rotatable bonds is 16. The van der Waals surface area contributed by atoms with E-state index in [4.69, 9.17) is 0 Å². The molecule has 0 heterocycles. The van der Waals surface area contributed by atoms with E-state index >= 15 is 0 Å². The molecule has 0 atom stereocenters. The van der Waals surface area contributed by atoms with Gasteiger partial charge in [0.15, 0.2) is 6.29 Å². The minimum atomic E-state index is -0.287. The van der Waals surface area contributed by atoms with Crippen molar-refractivity contribution in [3.8, 4) is 0 Å². The first-order chi connectivity index (χ1) is 11.7. The predicted molar refractivity (Wildman–Crippen MR) is 100 cm³/mol. The van der Waals surface area contributed by atoms with E-state index in [2.05, 4.69) is 13.0 Å². The van der Waals surface area contributed by atoms with E-state index < -0.39 is 0 Å². The average Bonchev–Trinajstić information content (AvgIpc) is 2.57. The Bertz CT molecular complexity index is 411. The van der Waals surface area contributed by atoms with E-state index in [0.29, 0.717) is 19.3 Å². The highest BCUT2D eigenvalue weighted by atomic mass is 16.6. The molecule has 0 saturated carbocycles. The maximum atomic E-state index is 11.0. The minimum absolute atomic E-state index is 0.269. The fourth-order valence-electron chi connectivity index (χ4n) is 2.30. The average molecular weight is 334 g/mol. The molecule has 0 aliphatic rings. The Hall–Kier alpha value is -1.71. The van der Waals surface area contributed by atoms with Gasteiger partial charge in [-0.2, -0.15) is 0 Å². The van der Waals surface area contributed by atoms with Gasteiger partial charge in [0, 0.05) is 6.42 Å². The molecule has 0 saturated heterocycles. The van der Waals surface area contributed by atoms with Gasteiger partial charge in [-0.1, -0.05) is 56.9 Å². The van der Waals surface area contributed by atoms with Crippen molar-refractivity contribution in [3.05, 3.63) is 46.2 Å². The first kappa shape index (κ1) is 22.3. The molecule has 0 unspecified atom stereocenters. The van der Waals surface area contributed by atoms with Crippen molar-refractivity contribution >= 4 is 6.29 Å². The van der Waals surface area contributed by atoms with Crippen LogP contribution >= 0.6 is 0 Å². The standard InChI is InChI=1S/C20H32NO3/c1-2-3-4-5-8-11-14-17-20(21(23)24)18-15-12-9-6-7-10-13-16-19-22/h8,11-12,15,17H,2-7,9-10,13-14,16,18H2,1H3/b11-8+,15-12+,20-17-. The zero-order valence-electron chi connectivity index (χ0n) is 15.0. The molecule has 0 amide bonds. The van der Waals surface area contributed by atoms with Crippen LogP contribution in [0.2, 0.25) is 0 Å². The van der Waals surface area contributed by atoms with Gasteiger partial charge in [-0.05, 0) is 44.6 Å². The van der Waals surface area contributed by atoms with Crippen molar-refractivity contribution in [1.82, 2.24) is 0 Å². The summed E-state index contributed by atoms with van der Waals surface area (Å²) in [6.07, 6.45) is 22.9. The molecule has 0 aliphatic carbocycles. The summed E-state index contributed by atoms with van der Waals surface area (Å²) in [6, 6.07) is 0. The first-order valence-electron chi connectivity index (χ1n) is 9.20. The van der Waals surface area contributed by atoms with Gasteiger partial charge in [0.25, 0.3) is 0 Å². The van der Waals surface area contributed by atoms with Gasteiger partial charge in [0.05, 0.1) is 11.3 Å². The lowest BCUT2D eigenvalue weighted by atomic mass is 10.1. The molecule has 24 heavy (non-hydrogen) atoms. The maximum Gasteiger partial charge on any atom is 0.246 e. The highest BCUT2D eigenvalue weighted by molar-refractivity contribution is 5.50. The van der Waals surface area contributed by atoms with Gasteiger partial charge < -0.3 is 0 Å². The maximum absolute atomic E-state index is 11.0. The molecule has 4 nitrogen and oxygen atoms in total. The first-order valence-corrected chi connectivity index (χ1v) is 9.20. The fraction of sp³-hybridized carbons (Fsp3) is 0.650. The summed E-state index contributed by atoms with van der Waals surface area (Å²) in [5.74, 6) is 0. The SMILES string of the molecule is CCCCC/C=C/C/C=C(/C/C=C/CCCCCC[C]=O)[N+](=O)[O-]. The summed E-state index contributed by atoms with van der Waals surface area (Å²) in [7, 11) is 0. The van der Waals surface area contributed by atoms with Crippen molar-refractivity contribution in [3.63, 3.8) is 0 Å². The quantitative estimate of drug-likeness (QED) is 0.149. The van der Waals surface area contributed by atoms with Crippen molar-refractivity contribution in [1.29, 1.82) is 0 Å². The Labute approximate surface area is 146 Å². The zero-order valence-corrected chi connectivity index (χ0v) is 15.0. The number of nitro groups is 1. The van der Waals surface area contributed by atoms with Crippen LogP contribution in [0.25, 0.3) is 0 Å². The highest BCUT2D eigenvalue weighted by Crippen LogP contribution is 2.09. The van der Waals surface area contributed by atoms with Crippen LogP contribution in [-0.4, -0.2) is 11.2 Å². The monoisotopic (exact) mass is 334 g/mol. The Morgan fingerprint density at radius 3 is 2.29 bits per heavy atom. The molecule has 1 radical (unpaired) electrons. The fourth-order valence-corrected chi connectivity index (χ4v) is 2.30. The Morgan fingerprint density at radius 2 is 1.62 bits per heavy atom. The molecule has 4 heteroatoms. The highest BCUT2D eigenvalue weighted by Gasteiger charge is 2.06. The molecule has 0 fully saturated rings. The van der Waals surface area contributed by atoms with E-state index in [-0.39, 0.29) is 10.6 Å². The van der Waals surface area contributed by atoms with Crippen LogP contribution in [0, 0.1) is 10.1 Å². The summed E-state index contributed by atoms with van der Waals surface area (Å²) < 4.78 is 0. The van der Waals surface area contributed by atoms with Gasteiger partial charge in [0.2, 0.25) is 5.70 Å². The number of unbranched alkanes of at least 4 members (excludes halogenated alkanes) is 8. The van der Waals surface area contributed by atoms with Gasteiger partial charge in [-0.3, -0.25) is 14.9 Å². The van der Waals surface area contributed by atoms with Crippen molar-refractivity contribution in [2.45, 2.75) is 84.0 Å². The molecule has 0 N–H and O–H groups in total. The molecule has 0 aliphatic heterocycles. The van der Waals surface area contributed by atoms with Gasteiger partial charge in [0.1, 0.15) is 0 Å². The van der Waals surface area contributed by atoms with Gasteiger partial charge in [-0.15, -0.1) is 0 Å². The number of carbonyl (C=O) groups excluding carboxylic acids is 1. The second kappa shape index (κ2) is 17.6. The van der Waals surface area contributed by atoms with Crippen LogP contribution in [0.3, 0.4) is 0 Å². The lowest BCUT2D eigenvalue weighted by Gasteiger charge is -1.96. The van der Waals surface area contributed by atoms with Crippen LogP contribution in [0.1, 0.15) is 84.0 Å². The molecule has 0 aromatic rings. The normalized spacial score (nSPS) is 12.3. The summed E-state index contributed by atoms with van der Waals surface area (Å²) in [6.45, 7) is 2.18. The van der Waals surface area contributed by atoms with E-state index in [1.165, 1.54) is 19.3 Å². The van der Waals surface area contributed by atoms with E-state index in [1.807, 2.05) is 24.5 Å². The van der Waals surface area contributed by atoms with E-state index in [9.17, 15) is 14.9 Å². The number of hydrogen-bond acceptors (Lipinski definition) is 3. The summed E-state index contributed by atoms with van der Waals surface area (Å²) in [5.41, 5.74) is 0.269. The summed E-state index contributed by atoms with van der Waals surface area (Å²) in [4.78, 5) is 20.8. The second-order valence-electron chi connectivity index (χ2n) is 5.93. The van der Waals surface area contributed by atoms with Crippen LogP contribution in [-0.2, 0) is 4.79 Å². The van der Waals surface area contributed by atoms with E-state index in [1.54, 1.807) is 6.08 Å². The van der Waals surface area contributed by atoms with Gasteiger partial charge in [-0.25, -0.2) is 0 Å². The van der Waals surface area contributed by atoms with Crippen LogP contribution < -0.4 is 0 Å². The third-order valence-electron chi connectivity index (χ3n) is 3.76. The third kappa shape index (κ3) is 15.2. The predicted octanol–water partition coefficient (Wildman–Crippen LogP) is 6.07. The lowest BCUT2D eigenvalue weighted by Crippen LogP contribution is -1.97. The topological polar surface area (TPSA) is 60.2 Å². The molecular weight excluding hydrogens is 302 g/mol. The summed E-state index contributed by atoms with van der Waals surface area (Å²) >= 11 is 0. The molecule has 0 bridgehead atoms. The molecule has 135 valence electrons. The Morgan fingerprint density at radius 1 is 0.958 bits per heavy atom.